The van der Waals surface area contributed by atoms with E-state index in [-0.39, 0.29) is 36.2 Å². The molecule has 1 aliphatic heterocycles. The number of carbonyl (C=O) groups excluding carboxylic acids is 2. The third-order valence-electron chi connectivity index (χ3n) is 4.79. The van der Waals surface area contributed by atoms with Crippen LogP contribution in [0.3, 0.4) is 0 Å². The van der Waals surface area contributed by atoms with Crippen molar-refractivity contribution in [3.63, 3.8) is 0 Å². The minimum absolute atomic E-state index is 0.00842. The Hall–Kier alpha value is -3.06. The van der Waals surface area contributed by atoms with E-state index in [9.17, 15) is 19.8 Å². The maximum atomic E-state index is 12.8. The molecule has 0 spiro atoms. The van der Waals surface area contributed by atoms with Crippen molar-refractivity contribution in [2.75, 3.05) is 13.7 Å². The molecule has 1 fully saturated rings. The third kappa shape index (κ3) is 5.26. The van der Waals surface area contributed by atoms with E-state index in [4.69, 9.17) is 9.47 Å². The number of ketones is 1. The molecule has 0 saturated carbocycles. The minimum Gasteiger partial charge on any atom is -0.508 e. The number of methoxy groups -OCH3 is 1. The van der Waals surface area contributed by atoms with Crippen molar-refractivity contribution in [1.82, 2.24) is 0 Å². The number of hydrogen-bond donors (Lipinski definition) is 2. The Balaban J connectivity index is 1.74. The first-order valence-corrected chi connectivity index (χ1v) is 9.52. The highest BCUT2D eigenvalue weighted by molar-refractivity contribution is 6.10. The van der Waals surface area contributed by atoms with Crippen molar-refractivity contribution in [2.24, 2.45) is 0 Å². The van der Waals surface area contributed by atoms with Crippen LogP contribution in [0.5, 0.6) is 17.2 Å². The summed E-state index contributed by atoms with van der Waals surface area (Å²) in [5.41, 5.74) is 0.865. The van der Waals surface area contributed by atoms with Crippen LogP contribution in [-0.2, 0) is 20.7 Å². The largest absolute Gasteiger partial charge is 0.508 e. The Morgan fingerprint density at radius 3 is 2.62 bits per heavy atom. The van der Waals surface area contributed by atoms with Crippen LogP contribution in [0.25, 0.3) is 0 Å². The van der Waals surface area contributed by atoms with Crippen molar-refractivity contribution in [2.45, 2.75) is 38.4 Å². The number of carbonyl (C=O) groups is 2. The number of hydrogen-bond acceptors (Lipinski definition) is 7. The van der Waals surface area contributed by atoms with Gasteiger partial charge in [0.2, 0.25) is 0 Å². The number of rotatable bonds is 7. The van der Waals surface area contributed by atoms with Gasteiger partial charge in [0.1, 0.15) is 17.2 Å². The molecular formula is C22H24O7. The van der Waals surface area contributed by atoms with Gasteiger partial charge in [0.25, 0.3) is 0 Å². The van der Waals surface area contributed by atoms with Gasteiger partial charge < -0.3 is 24.4 Å². The summed E-state index contributed by atoms with van der Waals surface area (Å²) < 4.78 is 15.8. The smallest absolute Gasteiger partial charge is 0.305 e. The van der Waals surface area contributed by atoms with Gasteiger partial charge in [-0.15, -0.1) is 0 Å². The first kappa shape index (κ1) is 20.7. The number of benzene rings is 2. The normalized spacial score (nSPS) is 16.2. The standard InChI is InChI=1S/C22H24O7/c1-27-20(25)10-6-14-12-15(5-9-18(14)23)22(26)17-8-7-16(13-19(17)24)29-21-4-2-3-11-28-21/h5,7-9,12-13,21,23-24H,2-4,6,10-11H2,1H3. The maximum Gasteiger partial charge on any atom is 0.305 e. The van der Waals surface area contributed by atoms with Gasteiger partial charge in [-0.3, -0.25) is 9.59 Å². The van der Waals surface area contributed by atoms with Crippen molar-refractivity contribution in [3.8, 4) is 17.2 Å². The number of ether oxygens (including phenoxy) is 3. The van der Waals surface area contributed by atoms with E-state index in [1.807, 2.05) is 0 Å². The van der Waals surface area contributed by atoms with E-state index >= 15 is 0 Å². The zero-order valence-corrected chi connectivity index (χ0v) is 16.2. The van der Waals surface area contributed by atoms with E-state index in [1.165, 1.54) is 37.4 Å². The second kappa shape index (κ2) is 9.43. The molecule has 2 aromatic rings. The highest BCUT2D eigenvalue weighted by Gasteiger charge is 2.19. The molecule has 1 atom stereocenters. The molecule has 3 rings (SSSR count). The van der Waals surface area contributed by atoms with Gasteiger partial charge in [-0.1, -0.05) is 0 Å². The van der Waals surface area contributed by atoms with Crippen LogP contribution in [0.1, 0.15) is 47.2 Å². The zero-order chi connectivity index (χ0) is 20.8. The van der Waals surface area contributed by atoms with E-state index in [0.29, 0.717) is 23.5 Å². The van der Waals surface area contributed by atoms with Crippen LogP contribution in [0.2, 0.25) is 0 Å². The van der Waals surface area contributed by atoms with Gasteiger partial charge in [-0.05, 0) is 55.2 Å². The molecule has 0 radical (unpaired) electrons. The molecule has 1 aliphatic rings. The molecule has 1 saturated heterocycles. The lowest BCUT2D eigenvalue weighted by atomic mass is 9.98. The first-order valence-electron chi connectivity index (χ1n) is 9.52. The van der Waals surface area contributed by atoms with Crippen LogP contribution in [-0.4, -0.2) is 42.0 Å². The molecule has 0 amide bonds. The van der Waals surface area contributed by atoms with E-state index in [0.717, 1.165) is 19.3 Å². The minimum atomic E-state index is -0.406. The van der Waals surface area contributed by atoms with Crippen LogP contribution in [0.15, 0.2) is 36.4 Å². The lowest BCUT2D eigenvalue weighted by molar-refractivity contribution is -0.140. The van der Waals surface area contributed by atoms with E-state index in [2.05, 4.69) is 4.74 Å². The fourth-order valence-electron chi connectivity index (χ4n) is 3.15. The van der Waals surface area contributed by atoms with E-state index in [1.54, 1.807) is 6.07 Å². The van der Waals surface area contributed by atoms with Gasteiger partial charge in [0.15, 0.2) is 12.1 Å². The van der Waals surface area contributed by atoms with Crippen LogP contribution < -0.4 is 4.74 Å². The molecule has 0 bridgehead atoms. The van der Waals surface area contributed by atoms with Gasteiger partial charge >= 0.3 is 5.97 Å². The van der Waals surface area contributed by atoms with Gasteiger partial charge in [0.05, 0.1) is 19.3 Å². The molecular weight excluding hydrogens is 376 g/mol. The Morgan fingerprint density at radius 2 is 1.93 bits per heavy atom. The van der Waals surface area contributed by atoms with Crippen molar-refractivity contribution >= 4 is 11.8 Å². The Labute approximate surface area is 168 Å². The SMILES string of the molecule is COC(=O)CCc1cc(C(=O)c2ccc(OC3CCCCO3)cc2O)ccc1O. The second-order valence-electron chi connectivity index (χ2n) is 6.84. The Morgan fingerprint density at radius 1 is 1.10 bits per heavy atom. The lowest BCUT2D eigenvalue weighted by Crippen LogP contribution is -2.24. The lowest BCUT2D eigenvalue weighted by Gasteiger charge is -2.23. The molecule has 0 aliphatic carbocycles. The van der Waals surface area contributed by atoms with Gasteiger partial charge in [-0.2, -0.15) is 0 Å². The second-order valence-corrected chi connectivity index (χ2v) is 6.84. The predicted molar refractivity (Wildman–Crippen MR) is 104 cm³/mol. The highest BCUT2D eigenvalue weighted by Crippen LogP contribution is 2.29. The average molecular weight is 400 g/mol. The van der Waals surface area contributed by atoms with Crippen molar-refractivity contribution in [1.29, 1.82) is 0 Å². The molecule has 1 unspecified atom stereocenters. The number of phenolic OH excluding ortho intramolecular Hbond substituents is 2. The van der Waals surface area contributed by atoms with E-state index < -0.39 is 11.8 Å². The topological polar surface area (TPSA) is 102 Å². The number of aryl methyl sites for hydroxylation is 1. The first-order chi connectivity index (χ1) is 14.0. The zero-order valence-electron chi connectivity index (χ0n) is 16.2. The maximum absolute atomic E-state index is 12.8. The molecule has 29 heavy (non-hydrogen) atoms. The number of phenols is 2. The van der Waals surface area contributed by atoms with Crippen LogP contribution >= 0.6 is 0 Å². The number of esters is 1. The van der Waals surface area contributed by atoms with Crippen LogP contribution in [0, 0.1) is 0 Å². The molecule has 154 valence electrons. The summed E-state index contributed by atoms with van der Waals surface area (Å²) in [5.74, 6) is -0.590. The summed E-state index contributed by atoms with van der Waals surface area (Å²) >= 11 is 0. The molecule has 2 aromatic carbocycles. The highest BCUT2D eigenvalue weighted by atomic mass is 16.7. The van der Waals surface area contributed by atoms with Crippen molar-refractivity contribution < 1.29 is 34.0 Å². The van der Waals surface area contributed by atoms with Crippen LogP contribution in [0.4, 0.5) is 0 Å². The summed E-state index contributed by atoms with van der Waals surface area (Å²) in [7, 11) is 1.29. The molecule has 2 N–H and O–H groups in total. The average Bonchev–Trinajstić information content (AvgIpc) is 2.73. The Bertz CT molecular complexity index is 885. The van der Waals surface area contributed by atoms with Gasteiger partial charge in [0, 0.05) is 24.5 Å². The summed E-state index contributed by atoms with van der Waals surface area (Å²) in [5, 5.41) is 20.3. The Kier molecular flexibility index (Phi) is 6.72. The summed E-state index contributed by atoms with van der Waals surface area (Å²) in [4.78, 5) is 24.2. The monoisotopic (exact) mass is 400 g/mol. The molecule has 1 heterocycles. The molecule has 0 aromatic heterocycles. The fourth-order valence-corrected chi connectivity index (χ4v) is 3.15. The summed E-state index contributed by atoms with van der Waals surface area (Å²) in [6.07, 6.45) is 2.78. The molecule has 7 heteroatoms. The molecule has 7 nitrogen and oxygen atoms in total. The van der Waals surface area contributed by atoms with Crippen molar-refractivity contribution in [3.05, 3.63) is 53.1 Å². The summed E-state index contributed by atoms with van der Waals surface area (Å²) in [6.45, 7) is 0.645. The summed E-state index contributed by atoms with van der Waals surface area (Å²) in [6, 6.07) is 8.89. The number of aromatic hydroxyl groups is 2. The predicted octanol–water partition coefficient (Wildman–Crippen LogP) is 3.34. The quantitative estimate of drug-likeness (QED) is 0.543. The van der Waals surface area contributed by atoms with Gasteiger partial charge in [-0.25, -0.2) is 0 Å². The fraction of sp³-hybridized carbons (Fsp3) is 0.364. The third-order valence-corrected chi connectivity index (χ3v) is 4.79.